The fourth-order valence-electron chi connectivity index (χ4n) is 0.835. The van der Waals surface area contributed by atoms with Gasteiger partial charge in [0, 0.05) is 10.7 Å². The summed E-state index contributed by atoms with van der Waals surface area (Å²) in [6.07, 6.45) is 1.28. The van der Waals surface area contributed by atoms with Crippen LogP contribution in [0.5, 0.6) is 0 Å². The number of ether oxygens (including phenoxy) is 1. The predicted molar refractivity (Wildman–Crippen MR) is 74.2 cm³/mol. The van der Waals surface area contributed by atoms with E-state index in [1.807, 2.05) is 44.2 Å². The lowest BCUT2D eigenvalue weighted by Gasteiger charge is -1.97. The lowest BCUT2D eigenvalue weighted by atomic mass is 10.2. The van der Waals surface area contributed by atoms with Gasteiger partial charge in [0.2, 0.25) is 9.05 Å². The number of methoxy groups -OCH3 is 1. The molecule has 0 bridgehead atoms. The molecule has 0 N–H and O–H groups in total. The molecule has 6 heteroatoms. The molecule has 0 aliphatic rings. The van der Waals surface area contributed by atoms with Crippen LogP contribution in [0.1, 0.15) is 19.4 Å². The molecule has 0 spiro atoms. The molecule has 1 aromatic carbocycles. The van der Waals surface area contributed by atoms with Gasteiger partial charge >= 0.3 is 5.97 Å². The van der Waals surface area contributed by atoms with Crippen molar-refractivity contribution in [2.24, 2.45) is 0 Å². The maximum absolute atomic E-state index is 10.8. The summed E-state index contributed by atoms with van der Waals surface area (Å²) in [4.78, 5) is 10.8. The van der Waals surface area contributed by atoms with Crippen molar-refractivity contribution >= 4 is 25.7 Å². The van der Waals surface area contributed by atoms with Crippen molar-refractivity contribution in [1.82, 2.24) is 0 Å². The Kier molecular flexibility index (Phi) is 11.8. The maximum atomic E-state index is 10.8. The molecular formula is C12H19ClO4S. The molecule has 4 nitrogen and oxygen atoms in total. The first kappa shape index (κ1) is 19.3. The van der Waals surface area contributed by atoms with Gasteiger partial charge in [-0.3, -0.25) is 4.79 Å². The van der Waals surface area contributed by atoms with E-state index >= 15 is 0 Å². The van der Waals surface area contributed by atoms with Crippen LogP contribution in [0.15, 0.2) is 30.3 Å². The summed E-state index contributed by atoms with van der Waals surface area (Å²) >= 11 is 0. The second-order valence-electron chi connectivity index (χ2n) is 2.92. The summed E-state index contributed by atoms with van der Waals surface area (Å²) in [5.74, 6) is -0.198. The molecule has 18 heavy (non-hydrogen) atoms. The van der Waals surface area contributed by atoms with Crippen molar-refractivity contribution in [3.8, 4) is 0 Å². The van der Waals surface area contributed by atoms with Gasteiger partial charge in [0.05, 0.1) is 19.8 Å². The smallest absolute Gasteiger partial charge is 0.309 e. The summed E-state index contributed by atoms with van der Waals surface area (Å²) < 4.78 is 23.3. The third-order valence-corrected chi connectivity index (χ3v) is 1.42. The van der Waals surface area contributed by atoms with E-state index in [1.54, 1.807) is 0 Å². The molecule has 0 aliphatic carbocycles. The van der Waals surface area contributed by atoms with E-state index in [1.165, 1.54) is 7.11 Å². The van der Waals surface area contributed by atoms with Gasteiger partial charge in [-0.1, -0.05) is 44.2 Å². The van der Waals surface area contributed by atoms with Crippen molar-refractivity contribution in [2.45, 2.75) is 20.3 Å². The second kappa shape index (κ2) is 11.0. The first-order chi connectivity index (χ1) is 8.33. The Morgan fingerprint density at radius 1 is 1.22 bits per heavy atom. The number of rotatable bonds is 2. The van der Waals surface area contributed by atoms with Gasteiger partial charge in [-0.15, -0.1) is 0 Å². The third-order valence-electron chi connectivity index (χ3n) is 1.42. The average Bonchev–Trinajstić information content (AvgIpc) is 2.31. The largest absolute Gasteiger partial charge is 0.469 e. The molecule has 1 aromatic rings. The first-order valence-corrected chi connectivity index (χ1v) is 8.05. The predicted octanol–water partition coefficient (Wildman–Crippen LogP) is 2.61. The van der Waals surface area contributed by atoms with E-state index in [0.29, 0.717) is 6.42 Å². The summed E-state index contributed by atoms with van der Waals surface area (Å²) in [6, 6.07) is 9.52. The van der Waals surface area contributed by atoms with E-state index in [4.69, 9.17) is 0 Å². The molecule has 104 valence electrons. The summed E-state index contributed by atoms with van der Waals surface area (Å²) in [5.41, 5.74) is 0.986. The molecule has 0 fully saturated rings. The monoisotopic (exact) mass is 294 g/mol. The Labute approximate surface area is 113 Å². The number of esters is 1. The van der Waals surface area contributed by atoms with Crippen LogP contribution >= 0.6 is 10.7 Å². The molecule has 0 amide bonds. The van der Waals surface area contributed by atoms with Gasteiger partial charge in [0.25, 0.3) is 0 Å². The molecular weight excluding hydrogens is 276 g/mol. The molecule has 0 aromatic heterocycles. The molecule has 0 saturated heterocycles. The third kappa shape index (κ3) is 17.3. The van der Waals surface area contributed by atoms with Crippen LogP contribution in [0.2, 0.25) is 0 Å². The highest BCUT2D eigenvalue weighted by Gasteiger charge is 1.99. The average molecular weight is 295 g/mol. The standard InChI is InChI=1S/C9H10O2.C2H6.CH3ClO2S/c1-11-9(10)7-8-5-3-2-4-6-8;1-2;1-5(2,3)4/h2-6H,7H2,1H3;1-2H3;1H3. The van der Waals surface area contributed by atoms with E-state index in [0.717, 1.165) is 11.8 Å². The van der Waals surface area contributed by atoms with Crippen LogP contribution in [0.3, 0.4) is 0 Å². The molecule has 0 radical (unpaired) electrons. The highest BCUT2D eigenvalue weighted by atomic mass is 35.7. The topological polar surface area (TPSA) is 60.4 Å². The zero-order valence-electron chi connectivity index (χ0n) is 11.0. The van der Waals surface area contributed by atoms with Gasteiger partial charge in [0.15, 0.2) is 0 Å². The number of benzene rings is 1. The van der Waals surface area contributed by atoms with Gasteiger partial charge in [-0.25, -0.2) is 8.42 Å². The van der Waals surface area contributed by atoms with Gasteiger partial charge in [0.1, 0.15) is 0 Å². The van der Waals surface area contributed by atoms with E-state index in [2.05, 4.69) is 15.4 Å². The molecule has 0 unspecified atom stereocenters. The lowest BCUT2D eigenvalue weighted by Crippen LogP contribution is -2.03. The first-order valence-electron chi connectivity index (χ1n) is 5.33. The molecule has 0 aliphatic heterocycles. The number of carbonyl (C=O) groups is 1. The van der Waals surface area contributed by atoms with E-state index in [9.17, 15) is 13.2 Å². The molecule has 1 rings (SSSR count). The van der Waals surface area contributed by atoms with E-state index in [-0.39, 0.29) is 5.97 Å². The Morgan fingerprint density at radius 2 is 1.61 bits per heavy atom. The van der Waals surface area contributed by atoms with Crippen molar-refractivity contribution in [1.29, 1.82) is 0 Å². The van der Waals surface area contributed by atoms with Gasteiger partial charge in [-0.2, -0.15) is 0 Å². The van der Waals surface area contributed by atoms with Crippen LogP contribution in [-0.2, 0) is 25.0 Å². The highest BCUT2D eigenvalue weighted by molar-refractivity contribution is 8.13. The fourth-order valence-corrected chi connectivity index (χ4v) is 0.835. The SMILES string of the molecule is CC.COC(=O)Cc1ccccc1.CS(=O)(=O)Cl. The van der Waals surface area contributed by atoms with Gasteiger partial charge < -0.3 is 4.74 Å². The normalized spacial score (nSPS) is 9.17. The zero-order chi connectivity index (χ0) is 14.6. The quantitative estimate of drug-likeness (QED) is 0.621. The van der Waals surface area contributed by atoms with Crippen LogP contribution in [-0.4, -0.2) is 27.8 Å². The van der Waals surface area contributed by atoms with Crippen molar-refractivity contribution < 1.29 is 17.9 Å². The minimum Gasteiger partial charge on any atom is -0.469 e. The maximum Gasteiger partial charge on any atom is 0.309 e. The highest BCUT2D eigenvalue weighted by Crippen LogP contribution is 1.99. The fraction of sp³-hybridized carbons (Fsp3) is 0.417. The summed E-state index contributed by atoms with van der Waals surface area (Å²) in [5, 5.41) is 0. The van der Waals surface area contributed by atoms with Crippen molar-refractivity contribution in [3.63, 3.8) is 0 Å². The minimum absolute atomic E-state index is 0.198. The zero-order valence-corrected chi connectivity index (χ0v) is 12.6. The van der Waals surface area contributed by atoms with Crippen LogP contribution in [0.4, 0.5) is 0 Å². The van der Waals surface area contributed by atoms with E-state index < -0.39 is 9.05 Å². The lowest BCUT2D eigenvalue weighted by molar-refractivity contribution is -0.139. The Morgan fingerprint density at radius 3 is 1.94 bits per heavy atom. The van der Waals surface area contributed by atoms with Crippen molar-refractivity contribution in [2.75, 3.05) is 13.4 Å². The number of hydrogen-bond donors (Lipinski definition) is 0. The molecule has 0 heterocycles. The Bertz CT molecular complexity index is 407. The molecule has 0 atom stereocenters. The Balaban J connectivity index is 0. The minimum atomic E-state index is -3.19. The van der Waals surface area contributed by atoms with Crippen LogP contribution in [0, 0.1) is 0 Å². The Hall–Kier alpha value is -1.07. The molecule has 0 saturated carbocycles. The number of halogens is 1. The summed E-state index contributed by atoms with van der Waals surface area (Å²) in [6.45, 7) is 4.00. The van der Waals surface area contributed by atoms with Gasteiger partial charge in [-0.05, 0) is 5.56 Å². The summed E-state index contributed by atoms with van der Waals surface area (Å²) in [7, 11) is 2.70. The van der Waals surface area contributed by atoms with Crippen LogP contribution in [0.25, 0.3) is 0 Å². The number of carbonyl (C=O) groups excluding carboxylic acids is 1. The van der Waals surface area contributed by atoms with Crippen LogP contribution < -0.4 is 0 Å². The second-order valence-corrected chi connectivity index (χ2v) is 5.97. The number of hydrogen-bond acceptors (Lipinski definition) is 4. The van der Waals surface area contributed by atoms with Crippen molar-refractivity contribution in [3.05, 3.63) is 35.9 Å².